The van der Waals surface area contributed by atoms with Gasteiger partial charge in [0.15, 0.2) is 5.13 Å². The fourth-order valence-corrected chi connectivity index (χ4v) is 4.75. The number of aromatic nitrogens is 1. The van der Waals surface area contributed by atoms with Crippen LogP contribution < -0.4 is 10.1 Å². The number of carbonyl (C=O) groups excluding carboxylic acids is 3. The molecule has 0 spiro atoms. The Labute approximate surface area is 197 Å². The summed E-state index contributed by atoms with van der Waals surface area (Å²) in [5, 5.41) is 3.76. The van der Waals surface area contributed by atoms with Gasteiger partial charge in [-0.15, -0.1) is 0 Å². The number of rotatable bonds is 5. The van der Waals surface area contributed by atoms with E-state index in [1.54, 1.807) is 49.6 Å². The molecule has 33 heavy (non-hydrogen) atoms. The molecule has 1 aromatic heterocycles. The van der Waals surface area contributed by atoms with Gasteiger partial charge in [-0.1, -0.05) is 35.1 Å². The van der Waals surface area contributed by atoms with Gasteiger partial charge in [-0.05, 0) is 54.1 Å². The fourth-order valence-electron chi connectivity index (χ4n) is 3.61. The lowest BCUT2D eigenvalue weighted by atomic mass is 10.1. The predicted octanol–water partition coefficient (Wildman–Crippen LogP) is 5.01. The molecule has 164 valence electrons. The second-order valence-corrected chi connectivity index (χ2v) is 8.86. The van der Waals surface area contributed by atoms with Crippen molar-refractivity contribution in [1.29, 1.82) is 0 Å². The number of fused-ring (bicyclic) bond motifs is 2. The number of thiazole rings is 1. The molecule has 0 aliphatic carbocycles. The van der Waals surface area contributed by atoms with Gasteiger partial charge in [0.1, 0.15) is 5.75 Å². The van der Waals surface area contributed by atoms with Crippen LogP contribution in [0.2, 0.25) is 5.02 Å². The van der Waals surface area contributed by atoms with Crippen molar-refractivity contribution in [2.45, 2.75) is 6.54 Å². The van der Waals surface area contributed by atoms with E-state index in [4.69, 9.17) is 16.3 Å². The van der Waals surface area contributed by atoms with E-state index in [0.717, 1.165) is 15.8 Å². The average molecular weight is 478 g/mol. The zero-order chi connectivity index (χ0) is 23.1. The van der Waals surface area contributed by atoms with Crippen LogP contribution in [0.4, 0.5) is 5.13 Å². The summed E-state index contributed by atoms with van der Waals surface area (Å²) in [6.07, 6.45) is 0. The van der Waals surface area contributed by atoms with Crippen molar-refractivity contribution in [2.24, 2.45) is 0 Å². The maximum Gasteiger partial charge on any atom is 0.261 e. The van der Waals surface area contributed by atoms with Gasteiger partial charge in [-0.2, -0.15) is 0 Å². The second-order valence-electron chi connectivity index (χ2n) is 7.39. The molecule has 4 aromatic rings. The molecule has 2 heterocycles. The largest absolute Gasteiger partial charge is 0.497 e. The second kappa shape index (κ2) is 8.31. The molecule has 1 aliphatic rings. The van der Waals surface area contributed by atoms with Gasteiger partial charge < -0.3 is 4.74 Å². The van der Waals surface area contributed by atoms with E-state index in [9.17, 15) is 14.4 Å². The number of nitrogens with zero attached hydrogens (tertiary/aromatic N) is 2. The number of nitrogens with one attached hydrogen (secondary N) is 1. The van der Waals surface area contributed by atoms with E-state index in [1.807, 2.05) is 0 Å². The number of imide groups is 1. The topological polar surface area (TPSA) is 88.6 Å². The highest BCUT2D eigenvalue weighted by molar-refractivity contribution is 7.22. The Morgan fingerprint density at radius 2 is 1.79 bits per heavy atom. The van der Waals surface area contributed by atoms with Crippen LogP contribution in [-0.4, -0.2) is 34.7 Å². The normalized spacial score (nSPS) is 12.8. The Balaban J connectivity index is 1.35. The van der Waals surface area contributed by atoms with Crippen molar-refractivity contribution in [3.8, 4) is 5.75 Å². The number of ether oxygens (including phenoxy) is 1. The number of carbonyl (C=O) groups is 3. The first-order valence-electron chi connectivity index (χ1n) is 9.93. The SMILES string of the molecule is COc1ccc(CN2C(=O)c3ccc(C(=O)Nc4nc5ccc(Cl)cc5s4)cc3C2=O)cc1. The lowest BCUT2D eigenvalue weighted by Crippen LogP contribution is -2.29. The van der Waals surface area contributed by atoms with Gasteiger partial charge in [-0.3, -0.25) is 24.6 Å². The van der Waals surface area contributed by atoms with Crippen LogP contribution in [0.1, 0.15) is 36.6 Å². The third kappa shape index (κ3) is 3.94. The first-order valence-corrected chi connectivity index (χ1v) is 11.1. The number of anilines is 1. The number of methoxy groups -OCH3 is 1. The quantitative estimate of drug-likeness (QED) is 0.408. The molecule has 9 heteroatoms. The van der Waals surface area contributed by atoms with Crippen molar-refractivity contribution in [1.82, 2.24) is 9.88 Å². The number of hydrogen-bond donors (Lipinski definition) is 1. The average Bonchev–Trinajstić information content (AvgIpc) is 3.32. The molecule has 0 fully saturated rings. The Bertz CT molecular complexity index is 1430. The Morgan fingerprint density at radius 1 is 1.03 bits per heavy atom. The summed E-state index contributed by atoms with van der Waals surface area (Å²) < 4.78 is 5.99. The zero-order valence-corrected chi connectivity index (χ0v) is 18.9. The Kier molecular flexibility index (Phi) is 5.32. The van der Waals surface area contributed by atoms with Crippen LogP contribution >= 0.6 is 22.9 Å². The molecule has 0 saturated heterocycles. The summed E-state index contributed by atoms with van der Waals surface area (Å²) in [4.78, 5) is 44.1. The summed E-state index contributed by atoms with van der Waals surface area (Å²) in [7, 11) is 1.57. The Morgan fingerprint density at radius 3 is 2.55 bits per heavy atom. The number of benzene rings is 3. The molecular weight excluding hydrogens is 462 g/mol. The van der Waals surface area contributed by atoms with Crippen molar-refractivity contribution < 1.29 is 19.1 Å². The van der Waals surface area contributed by atoms with Crippen LogP contribution in [0.15, 0.2) is 60.7 Å². The highest BCUT2D eigenvalue weighted by Gasteiger charge is 2.36. The van der Waals surface area contributed by atoms with Gasteiger partial charge in [0.05, 0.1) is 35.0 Å². The molecule has 0 unspecified atom stereocenters. The van der Waals surface area contributed by atoms with Gasteiger partial charge in [-0.25, -0.2) is 4.98 Å². The summed E-state index contributed by atoms with van der Waals surface area (Å²) in [5.41, 5.74) is 2.26. The first-order chi connectivity index (χ1) is 15.9. The van der Waals surface area contributed by atoms with E-state index in [-0.39, 0.29) is 29.1 Å². The summed E-state index contributed by atoms with van der Waals surface area (Å²) in [5.74, 6) is -0.555. The minimum absolute atomic E-state index is 0.131. The molecule has 5 rings (SSSR count). The third-order valence-electron chi connectivity index (χ3n) is 5.30. The fraction of sp³-hybridized carbons (Fsp3) is 0.0833. The van der Waals surface area contributed by atoms with Crippen molar-refractivity contribution >= 4 is 56.0 Å². The number of halogens is 1. The zero-order valence-electron chi connectivity index (χ0n) is 17.3. The summed E-state index contributed by atoms with van der Waals surface area (Å²) in [6.45, 7) is 0.131. The van der Waals surface area contributed by atoms with Gasteiger partial charge >= 0.3 is 0 Å². The standard InChI is InChI=1S/C24H16ClN3O4S/c1-32-16-6-2-13(3-7-16)12-28-22(30)17-8-4-14(10-18(17)23(28)31)21(29)27-24-26-19-9-5-15(25)11-20(19)33-24/h2-11H,12H2,1H3,(H,26,27,29). The molecular formula is C24H16ClN3O4S. The minimum Gasteiger partial charge on any atom is -0.497 e. The van der Waals surface area contributed by atoms with E-state index in [1.165, 1.54) is 34.4 Å². The molecule has 7 nitrogen and oxygen atoms in total. The molecule has 0 bridgehead atoms. The minimum atomic E-state index is -0.435. The highest BCUT2D eigenvalue weighted by Crippen LogP contribution is 2.30. The summed E-state index contributed by atoms with van der Waals surface area (Å²) >= 11 is 7.31. The third-order valence-corrected chi connectivity index (χ3v) is 6.47. The highest BCUT2D eigenvalue weighted by atomic mass is 35.5. The smallest absolute Gasteiger partial charge is 0.261 e. The van der Waals surface area contributed by atoms with Crippen LogP contribution in [0.25, 0.3) is 10.2 Å². The maximum absolute atomic E-state index is 12.9. The molecule has 3 aromatic carbocycles. The first kappa shape index (κ1) is 21.1. The maximum atomic E-state index is 12.9. The van der Waals surface area contributed by atoms with Crippen molar-refractivity contribution in [2.75, 3.05) is 12.4 Å². The van der Waals surface area contributed by atoms with Crippen LogP contribution in [0.5, 0.6) is 5.75 Å². The molecule has 3 amide bonds. The lowest BCUT2D eigenvalue weighted by Gasteiger charge is -2.14. The lowest BCUT2D eigenvalue weighted by molar-refractivity contribution is 0.0642. The van der Waals surface area contributed by atoms with E-state index in [0.29, 0.717) is 15.9 Å². The van der Waals surface area contributed by atoms with E-state index >= 15 is 0 Å². The Hall–Kier alpha value is -3.75. The molecule has 0 atom stereocenters. The van der Waals surface area contributed by atoms with Crippen LogP contribution in [0, 0.1) is 0 Å². The summed E-state index contributed by atoms with van der Waals surface area (Å²) in [6, 6.07) is 16.9. The van der Waals surface area contributed by atoms with Gasteiger partial charge in [0, 0.05) is 10.6 Å². The van der Waals surface area contributed by atoms with E-state index in [2.05, 4.69) is 10.3 Å². The monoisotopic (exact) mass is 477 g/mol. The molecule has 1 N–H and O–H groups in total. The van der Waals surface area contributed by atoms with Crippen LogP contribution in [0.3, 0.4) is 0 Å². The predicted molar refractivity (Wildman–Crippen MR) is 126 cm³/mol. The number of hydrogen-bond acceptors (Lipinski definition) is 6. The van der Waals surface area contributed by atoms with E-state index < -0.39 is 11.8 Å². The van der Waals surface area contributed by atoms with Gasteiger partial charge in [0.25, 0.3) is 17.7 Å². The molecule has 0 saturated carbocycles. The van der Waals surface area contributed by atoms with Crippen molar-refractivity contribution in [3.05, 3.63) is 87.9 Å². The van der Waals surface area contributed by atoms with Crippen molar-refractivity contribution in [3.63, 3.8) is 0 Å². The number of amides is 3. The van der Waals surface area contributed by atoms with Crippen LogP contribution in [-0.2, 0) is 6.54 Å². The molecule has 1 aliphatic heterocycles. The van der Waals surface area contributed by atoms with Gasteiger partial charge in [0.2, 0.25) is 0 Å². The molecule has 0 radical (unpaired) electrons.